The molecular weight excluding hydrogens is 388 g/mol. The second-order valence-corrected chi connectivity index (χ2v) is 9.10. The topological polar surface area (TPSA) is 66.7 Å². The van der Waals surface area contributed by atoms with Gasteiger partial charge in [-0.25, -0.2) is 15.0 Å². The molecule has 3 aliphatic heterocycles. The molecule has 1 fully saturated rings. The summed E-state index contributed by atoms with van der Waals surface area (Å²) in [6.07, 6.45) is 8.88. The number of pyridine rings is 1. The van der Waals surface area contributed by atoms with Crippen LogP contribution >= 0.6 is 0 Å². The average molecular weight is 421 g/mol. The van der Waals surface area contributed by atoms with Gasteiger partial charge in [0.25, 0.3) is 0 Å². The molecule has 2 aromatic heterocycles. The Bertz CT molecular complexity index is 934. The Morgan fingerprint density at radius 2 is 1.90 bits per heavy atom. The second kappa shape index (κ2) is 9.01. The van der Waals surface area contributed by atoms with E-state index >= 15 is 0 Å². The van der Waals surface area contributed by atoms with Gasteiger partial charge >= 0.3 is 0 Å². The predicted molar refractivity (Wildman–Crippen MR) is 122 cm³/mol. The zero-order chi connectivity index (χ0) is 21.2. The molecule has 5 heterocycles. The highest BCUT2D eigenvalue weighted by atomic mass is 16.5. The Kier molecular flexibility index (Phi) is 5.96. The van der Waals surface area contributed by atoms with Crippen molar-refractivity contribution in [3.05, 3.63) is 47.2 Å². The van der Waals surface area contributed by atoms with E-state index in [1.54, 1.807) is 0 Å². The van der Waals surface area contributed by atoms with Crippen LogP contribution in [0.3, 0.4) is 0 Å². The molecule has 0 amide bonds. The molecule has 0 saturated carbocycles. The van der Waals surface area contributed by atoms with Gasteiger partial charge < -0.3 is 9.64 Å². The summed E-state index contributed by atoms with van der Waals surface area (Å²) in [4.78, 5) is 23.7. The second-order valence-electron chi connectivity index (χ2n) is 9.10. The number of nitrogens with zero attached hydrogens (tertiary/aromatic N) is 6. The van der Waals surface area contributed by atoms with Crippen LogP contribution in [0.2, 0.25) is 0 Å². The van der Waals surface area contributed by atoms with Crippen molar-refractivity contribution in [3.8, 4) is 0 Å². The number of hydrogen-bond acceptors (Lipinski definition) is 7. The van der Waals surface area contributed by atoms with Crippen molar-refractivity contribution in [3.63, 3.8) is 0 Å². The van der Waals surface area contributed by atoms with E-state index in [-0.39, 0.29) is 12.2 Å². The van der Waals surface area contributed by atoms with Gasteiger partial charge in [-0.15, -0.1) is 0 Å². The van der Waals surface area contributed by atoms with E-state index in [9.17, 15) is 0 Å². The van der Waals surface area contributed by atoms with Gasteiger partial charge in [0.15, 0.2) is 5.82 Å². The van der Waals surface area contributed by atoms with Gasteiger partial charge in [0.1, 0.15) is 5.82 Å². The molecule has 2 unspecified atom stereocenters. The number of anilines is 1. The van der Waals surface area contributed by atoms with Gasteiger partial charge in [0.2, 0.25) is 0 Å². The molecule has 2 atom stereocenters. The van der Waals surface area contributed by atoms with Crippen molar-refractivity contribution in [2.75, 3.05) is 31.1 Å². The number of morpholine rings is 1. The van der Waals surface area contributed by atoms with Crippen LogP contribution in [-0.2, 0) is 24.2 Å². The fourth-order valence-electron chi connectivity index (χ4n) is 4.85. The van der Waals surface area contributed by atoms with Crippen molar-refractivity contribution in [1.29, 1.82) is 0 Å². The van der Waals surface area contributed by atoms with Crippen LogP contribution in [0, 0.1) is 0 Å². The summed E-state index contributed by atoms with van der Waals surface area (Å²) in [5, 5.41) is 0. The minimum atomic E-state index is 0.242. The molecule has 31 heavy (non-hydrogen) atoms. The lowest BCUT2D eigenvalue weighted by Gasteiger charge is -2.36. The van der Waals surface area contributed by atoms with Crippen molar-refractivity contribution in [2.45, 2.75) is 64.8 Å². The molecule has 0 radical (unpaired) electrons. The van der Waals surface area contributed by atoms with Gasteiger partial charge in [-0.2, -0.15) is 0 Å². The molecule has 7 heteroatoms. The fourth-order valence-corrected chi connectivity index (χ4v) is 4.85. The molecule has 7 nitrogen and oxygen atoms in total. The summed E-state index contributed by atoms with van der Waals surface area (Å²) in [5.74, 6) is 1.89. The molecule has 3 aliphatic rings. The largest absolute Gasteiger partial charge is 0.372 e. The zero-order valence-corrected chi connectivity index (χ0v) is 18.6. The van der Waals surface area contributed by atoms with Gasteiger partial charge in [-0.3, -0.25) is 9.89 Å². The Hall–Kier alpha value is -2.38. The fraction of sp³-hybridized carbons (Fsp3) is 0.583. The zero-order valence-electron chi connectivity index (χ0n) is 18.6. The first-order chi connectivity index (χ1) is 15.1. The molecule has 0 spiro atoms. The highest BCUT2D eigenvalue weighted by Gasteiger charge is 2.24. The normalized spacial score (nSPS) is 24.6. The Balaban J connectivity index is 1.21. The summed E-state index contributed by atoms with van der Waals surface area (Å²) in [5.41, 5.74) is 4.77. The third-order valence-electron chi connectivity index (χ3n) is 6.35. The van der Waals surface area contributed by atoms with Crippen LogP contribution in [0.4, 0.5) is 5.82 Å². The van der Waals surface area contributed by atoms with Crippen molar-refractivity contribution >= 4 is 11.5 Å². The summed E-state index contributed by atoms with van der Waals surface area (Å²) < 4.78 is 5.84. The van der Waals surface area contributed by atoms with Crippen LogP contribution in [0.15, 0.2) is 29.5 Å². The minimum absolute atomic E-state index is 0.242. The van der Waals surface area contributed by atoms with Crippen LogP contribution in [0.25, 0.3) is 0 Å². The molecule has 0 bridgehead atoms. The van der Waals surface area contributed by atoms with Crippen molar-refractivity contribution in [2.24, 2.45) is 4.99 Å². The first-order valence-corrected chi connectivity index (χ1v) is 11.6. The standard InChI is InChI=1S/C24H32N6O/c1-17-13-30(14-18(2)31-17)23-7-6-19(11-26-23)15-29-10-8-21-20(16-29)12-27-24(28-21)22-5-3-4-9-25-22/h6-7,11-12,17-18H,3-5,8-10,13-16H2,1-2H3. The first-order valence-electron chi connectivity index (χ1n) is 11.6. The van der Waals surface area contributed by atoms with E-state index in [4.69, 9.17) is 14.7 Å². The number of ether oxygens (including phenoxy) is 1. The number of hydrogen-bond donors (Lipinski definition) is 0. The van der Waals surface area contributed by atoms with E-state index in [0.29, 0.717) is 0 Å². The van der Waals surface area contributed by atoms with E-state index in [1.165, 1.54) is 29.7 Å². The number of aliphatic imine (C=N–C) groups is 1. The molecule has 164 valence electrons. The molecule has 5 rings (SSSR count). The third-order valence-corrected chi connectivity index (χ3v) is 6.35. The van der Waals surface area contributed by atoms with Crippen LogP contribution in [0.5, 0.6) is 0 Å². The smallest absolute Gasteiger partial charge is 0.173 e. The number of aromatic nitrogens is 3. The highest BCUT2D eigenvalue weighted by molar-refractivity contribution is 5.97. The Morgan fingerprint density at radius 3 is 2.65 bits per heavy atom. The average Bonchev–Trinajstić information content (AvgIpc) is 2.79. The van der Waals surface area contributed by atoms with Crippen molar-refractivity contribution in [1.82, 2.24) is 19.9 Å². The molecule has 0 aliphatic carbocycles. The van der Waals surface area contributed by atoms with Gasteiger partial charge in [0, 0.05) is 63.6 Å². The molecule has 2 aromatic rings. The molecular formula is C24H32N6O. The van der Waals surface area contributed by atoms with Crippen molar-refractivity contribution < 1.29 is 4.74 Å². The van der Waals surface area contributed by atoms with Gasteiger partial charge in [-0.1, -0.05) is 6.07 Å². The van der Waals surface area contributed by atoms with Gasteiger partial charge in [0.05, 0.1) is 23.6 Å². The van der Waals surface area contributed by atoms with Crippen LogP contribution in [-0.4, -0.2) is 64.0 Å². The number of rotatable bonds is 4. The Morgan fingerprint density at radius 1 is 1.03 bits per heavy atom. The summed E-state index contributed by atoms with van der Waals surface area (Å²) in [6, 6.07) is 4.36. The SMILES string of the molecule is CC1CN(c2ccc(CN3CCc4nc(C5=NCCCC5)ncc4C3)cn2)CC(C)O1. The lowest BCUT2D eigenvalue weighted by atomic mass is 10.0. The summed E-state index contributed by atoms with van der Waals surface area (Å²) in [6.45, 7) is 9.76. The monoisotopic (exact) mass is 420 g/mol. The predicted octanol–water partition coefficient (Wildman–Crippen LogP) is 3.02. The van der Waals surface area contributed by atoms with E-state index in [2.05, 4.69) is 45.8 Å². The summed E-state index contributed by atoms with van der Waals surface area (Å²) >= 11 is 0. The molecule has 1 saturated heterocycles. The van der Waals surface area contributed by atoms with Crippen LogP contribution < -0.4 is 4.90 Å². The quantitative estimate of drug-likeness (QED) is 0.758. The van der Waals surface area contributed by atoms with E-state index in [0.717, 1.165) is 69.5 Å². The lowest BCUT2D eigenvalue weighted by Crippen LogP contribution is -2.45. The maximum absolute atomic E-state index is 5.84. The maximum Gasteiger partial charge on any atom is 0.173 e. The highest BCUT2D eigenvalue weighted by Crippen LogP contribution is 2.22. The Labute approximate surface area is 184 Å². The first kappa shape index (κ1) is 20.5. The number of fused-ring (bicyclic) bond motifs is 1. The molecule has 0 N–H and O–H groups in total. The summed E-state index contributed by atoms with van der Waals surface area (Å²) in [7, 11) is 0. The van der Waals surface area contributed by atoms with E-state index < -0.39 is 0 Å². The molecule has 0 aromatic carbocycles. The minimum Gasteiger partial charge on any atom is -0.372 e. The maximum atomic E-state index is 5.84. The van der Waals surface area contributed by atoms with Crippen LogP contribution in [0.1, 0.15) is 55.8 Å². The lowest BCUT2D eigenvalue weighted by molar-refractivity contribution is -0.00546. The third kappa shape index (κ3) is 4.77. The van der Waals surface area contributed by atoms with E-state index in [1.807, 2.05) is 12.4 Å². The van der Waals surface area contributed by atoms with Gasteiger partial charge in [-0.05, 0) is 44.7 Å².